The molecule has 0 amide bonds. The zero-order chi connectivity index (χ0) is 11.5. The van der Waals surface area contributed by atoms with Gasteiger partial charge in [0.05, 0.1) is 0 Å². The van der Waals surface area contributed by atoms with E-state index in [2.05, 4.69) is 24.4 Å². The van der Waals surface area contributed by atoms with Crippen LogP contribution >= 0.6 is 0 Å². The van der Waals surface area contributed by atoms with Crippen LogP contribution in [0.2, 0.25) is 0 Å². The van der Waals surface area contributed by atoms with Gasteiger partial charge in [-0.1, -0.05) is 18.2 Å². The van der Waals surface area contributed by atoms with E-state index < -0.39 is 6.17 Å². The number of hydrogen-bond donors (Lipinski definition) is 1. The summed E-state index contributed by atoms with van der Waals surface area (Å²) in [5.41, 5.74) is 3.47. The predicted molar refractivity (Wildman–Crippen MR) is 65.5 cm³/mol. The third-order valence-electron chi connectivity index (χ3n) is 3.54. The van der Waals surface area contributed by atoms with Crippen molar-refractivity contribution < 1.29 is 4.39 Å². The SMILES string of the molecule is Cc1ccc(C(C)F)cc1C1CCNCC1. The third-order valence-corrected chi connectivity index (χ3v) is 3.54. The molecule has 1 saturated heterocycles. The molecule has 1 unspecified atom stereocenters. The number of piperidine rings is 1. The molecule has 2 heteroatoms. The minimum absolute atomic E-state index is 0.611. The summed E-state index contributed by atoms with van der Waals surface area (Å²) in [4.78, 5) is 0. The smallest absolute Gasteiger partial charge is 0.122 e. The van der Waals surface area contributed by atoms with Crippen LogP contribution in [0.15, 0.2) is 18.2 Å². The standard InChI is InChI=1S/C14H20FN/c1-10-3-4-13(11(2)15)9-14(10)12-5-7-16-8-6-12/h3-4,9,11-12,16H,5-8H2,1-2H3. The molecule has 1 aromatic rings. The quantitative estimate of drug-likeness (QED) is 0.806. The number of nitrogens with one attached hydrogen (secondary N) is 1. The van der Waals surface area contributed by atoms with Crippen molar-refractivity contribution in [1.29, 1.82) is 0 Å². The summed E-state index contributed by atoms with van der Waals surface area (Å²) in [6.45, 7) is 5.90. The molecule has 0 aromatic heterocycles. The Morgan fingerprint density at radius 3 is 2.62 bits per heavy atom. The highest BCUT2D eigenvalue weighted by Crippen LogP contribution is 2.30. The molecule has 1 aliphatic rings. The Labute approximate surface area is 97.1 Å². The molecule has 1 N–H and O–H groups in total. The van der Waals surface area contributed by atoms with Gasteiger partial charge in [-0.25, -0.2) is 4.39 Å². The van der Waals surface area contributed by atoms with Crippen molar-refractivity contribution >= 4 is 0 Å². The zero-order valence-corrected chi connectivity index (χ0v) is 10.1. The third kappa shape index (κ3) is 2.43. The first-order valence-corrected chi connectivity index (χ1v) is 6.13. The van der Waals surface area contributed by atoms with Gasteiger partial charge in [0.15, 0.2) is 0 Å². The molecule has 0 spiro atoms. The second-order valence-corrected chi connectivity index (χ2v) is 4.76. The van der Waals surface area contributed by atoms with Crippen LogP contribution in [0, 0.1) is 6.92 Å². The maximum Gasteiger partial charge on any atom is 0.122 e. The van der Waals surface area contributed by atoms with Crippen molar-refractivity contribution in [3.63, 3.8) is 0 Å². The van der Waals surface area contributed by atoms with Crippen molar-refractivity contribution in [2.75, 3.05) is 13.1 Å². The van der Waals surface area contributed by atoms with Crippen molar-refractivity contribution in [2.24, 2.45) is 0 Å². The number of alkyl halides is 1. The Bertz CT molecular complexity index is 354. The number of hydrogen-bond acceptors (Lipinski definition) is 1. The molecule has 88 valence electrons. The Balaban J connectivity index is 2.27. The highest BCUT2D eigenvalue weighted by Gasteiger charge is 2.18. The van der Waals surface area contributed by atoms with Gasteiger partial charge in [-0.05, 0) is 62.4 Å². The number of aryl methyl sites for hydroxylation is 1. The van der Waals surface area contributed by atoms with Gasteiger partial charge in [-0.3, -0.25) is 0 Å². The lowest BCUT2D eigenvalue weighted by atomic mass is 9.86. The molecule has 1 nitrogen and oxygen atoms in total. The molecule has 1 aromatic carbocycles. The fraction of sp³-hybridized carbons (Fsp3) is 0.571. The summed E-state index contributed by atoms with van der Waals surface area (Å²) in [5.74, 6) is 0.611. The highest BCUT2D eigenvalue weighted by atomic mass is 19.1. The van der Waals surface area contributed by atoms with E-state index in [1.165, 1.54) is 24.0 Å². The lowest BCUT2D eigenvalue weighted by Gasteiger charge is -2.25. The first-order chi connectivity index (χ1) is 7.68. The van der Waals surface area contributed by atoms with Gasteiger partial charge in [-0.15, -0.1) is 0 Å². The molecule has 0 saturated carbocycles. The number of benzene rings is 1. The maximum absolute atomic E-state index is 13.3. The molecule has 0 bridgehead atoms. The van der Waals surface area contributed by atoms with Crippen molar-refractivity contribution in [1.82, 2.24) is 5.32 Å². The molecule has 1 aliphatic heterocycles. The van der Waals surface area contributed by atoms with E-state index in [0.717, 1.165) is 18.7 Å². The van der Waals surface area contributed by atoms with Crippen molar-refractivity contribution in [3.05, 3.63) is 34.9 Å². The fourth-order valence-corrected chi connectivity index (χ4v) is 2.48. The van der Waals surface area contributed by atoms with Crippen LogP contribution < -0.4 is 5.32 Å². The second kappa shape index (κ2) is 4.96. The van der Waals surface area contributed by atoms with Gasteiger partial charge < -0.3 is 5.32 Å². The van der Waals surface area contributed by atoms with Crippen LogP contribution in [0.1, 0.15) is 48.5 Å². The first kappa shape index (κ1) is 11.6. The minimum Gasteiger partial charge on any atom is -0.317 e. The lowest BCUT2D eigenvalue weighted by molar-refractivity contribution is 0.373. The minimum atomic E-state index is -0.860. The molecule has 2 rings (SSSR count). The van der Waals surface area contributed by atoms with Gasteiger partial charge >= 0.3 is 0 Å². The molecule has 0 radical (unpaired) electrons. The first-order valence-electron chi connectivity index (χ1n) is 6.13. The highest BCUT2D eigenvalue weighted by molar-refractivity contribution is 5.35. The summed E-state index contributed by atoms with van der Waals surface area (Å²) in [5, 5.41) is 3.37. The van der Waals surface area contributed by atoms with Crippen LogP contribution in [0.3, 0.4) is 0 Å². The van der Waals surface area contributed by atoms with Gasteiger partial charge in [0.25, 0.3) is 0 Å². The van der Waals surface area contributed by atoms with Crippen LogP contribution in [-0.2, 0) is 0 Å². The van der Waals surface area contributed by atoms with E-state index in [-0.39, 0.29) is 0 Å². The van der Waals surface area contributed by atoms with Gasteiger partial charge in [0, 0.05) is 0 Å². The van der Waals surface area contributed by atoms with Gasteiger partial charge in [0.2, 0.25) is 0 Å². The van der Waals surface area contributed by atoms with E-state index in [4.69, 9.17) is 0 Å². The molecule has 1 heterocycles. The summed E-state index contributed by atoms with van der Waals surface area (Å²) in [6, 6.07) is 6.03. The summed E-state index contributed by atoms with van der Waals surface area (Å²) < 4.78 is 13.3. The number of halogens is 1. The molecule has 16 heavy (non-hydrogen) atoms. The summed E-state index contributed by atoms with van der Waals surface area (Å²) in [6.07, 6.45) is 1.48. The maximum atomic E-state index is 13.3. The fourth-order valence-electron chi connectivity index (χ4n) is 2.48. The largest absolute Gasteiger partial charge is 0.317 e. The van der Waals surface area contributed by atoms with Gasteiger partial charge in [0.1, 0.15) is 6.17 Å². The van der Waals surface area contributed by atoms with Gasteiger partial charge in [-0.2, -0.15) is 0 Å². The Hall–Kier alpha value is -0.890. The summed E-state index contributed by atoms with van der Waals surface area (Å²) >= 11 is 0. The topological polar surface area (TPSA) is 12.0 Å². The summed E-state index contributed by atoms with van der Waals surface area (Å²) in [7, 11) is 0. The Kier molecular flexibility index (Phi) is 3.59. The van der Waals surface area contributed by atoms with E-state index in [1.807, 2.05) is 6.07 Å². The lowest BCUT2D eigenvalue weighted by Crippen LogP contribution is -2.27. The second-order valence-electron chi connectivity index (χ2n) is 4.76. The molecular formula is C14H20FN. The average Bonchev–Trinajstić information content (AvgIpc) is 2.30. The molecule has 1 fully saturated rings. The van der Waals surface area contributed by atoms with E-state index in [1.54, 1.807) is 6.92 Å². The zero-order valence-electron chi connectivity index (χ0n) is 10.1. The van der Waals surface area contributed by atoms with E-state index in [9.17, 15) is 4.39 Å². The molecule has 0 aliphatic carbocycles. The Morgan fingerprint density at radius 1 is 1.31 bits per heavy atom. The van der Waals surface area contributed by atoms with E-state index in [0.29, 0.717) is 5.92 Å². The average molecular weight is 221 g/mol. The molecular weight excluding hydrogens is 201 g/mol. The van der Waals surface area contributed by atoms with Crippen molar-refractivity contribution in [3.8, 4) is 0 Å². The Morgan fingerprint density at radius 2 is 2.00 bits per heavy atom. The van der Waals surface area contributed by atoms with E-state index >= 15 is 0 Å². The molecule has 1 atom stereocenters. The van der Waals surface area contributed by atoms with Crippen LogP contribution in [0.5, 0.6) is 0 Å². The predicted octanol–water partition coefficient (Wildman–Crippen LogP) is 3.49. The van der Waals surface area contributed by atoms with Crippen molar-refractivity contribution in [2.45, 2.75) is 38.8 Å². The van der Waals surface area contributed by atoms with Crippen LogP contribution in [0.4, 0.5) is 4.39 Å². The monoisotopic (exact) mass is 221 g/mol. The van der Waals surface area contributed by atoms with Crippen LogP contribution in [0.25, 0.3) is 0 Å². The number of rotatable bonds is 2. The normalized spacial score (nSPS) is 19.7. The van der Waals surface area contributed by atoms with Crippen LogP contribution in [-0.4, -0.2) is 13.1 Å².